The molecule has 1 aliphatic heterocycles. The number of amides is 3. The molecule has 2 aromatic carbocycles. The number of rotatable bonds is 5. The van der Waals surface area contributed by atoms with Gasteiger partial charge in [-0.1, -0.05) is 100 Å². The summed E-state index contributed by atoms with van der Waals surface area (Å²) < 4.78 is -2.15. The Morgan fingerprint density at radius 2 is 1.29 bits per heavy atom. The quantitative estimate of drug-likeness (QED) is 0.212. The van der Waals surface area contributed by atoms with Gasteiger partial charge in [-0.3, -0.25) is 19.2 Å². The zero-order valence-electron chi connectivity index (χ0n) is 19.1. The third kappa shape index (κ3) is 3.35. The first-order valence-corrected chi connectivity index (χ1v) is 13.8. The Labute approximate surface area is 252 Å². The molecule has 2 bridgehead atoms. The lowest BCUT2D eigenvalue weighted by atomic mass is 9.84. The molecule has 3 aliphatic rings. The van der Waals surface area contributed by atoms with Gasteiger partial charge in [-0.05, 0) is 19.1 Å². The number of nitrogens with zero attached hydrogens (tertiary/aromatic N) is 2. The van der Waals surface area contributed by atoms with Gasteiger partial charge in [0, 0.05) is 5.56 Å². The van der Waals surface area contributed by atoms with Crippen molar-refractivity contribution in [2.75, 3.05) is 0 Å². The minimum atomic E-state index is -2.15. The first kappa shape index (κ1) is 28.0. The molecule has 2 aliphatic carbocycles. The highest BCUT2D eigenvalue weighted by Crippen LogP contribution is 2.77. The number of hydrazine groups is 1. The minimum absolute atomic E-state index is 0.0390. The number of carbonyl (C=O) groups excluding carboxylic acids is 4. The first-order valence-electron chi connectivity index (χ1n) is 11.1. The van der Waals surface area contributed by atoms with Crippen molar-refractivity contribution in [3.63, 3.8) is 0 Å². The minimum Gasteiger partial charge on any atom is -0.292 e. The van der Waals surface area contributed by atoms with Crippen molar-refractivity contribution in [3.05, 3.63) is 80.8 Å². The molecular formula is C25H15Cl7N2O4. The van der Waals surface area contributed by atoms with E-state index in [0.717, 1.165) is 5.01 Å². The molecule has 1 saturated heterocycles. The van der Waals surface area contributed by atoms with Crippen LogP contribution in [0, 0.1) is 11.8 Å². The van der Waals surface area contributed by atoms with Crippen LogP contribution in [0.4, 0.5) is 0 Å². The first-order chi connectivity index (χ1) is 17.7. The van der Waals surface area contributed by atoms with Crippen LogP contribution >= 0.6 is 81.2 Å². The van der Waals surface area contributed by atoms with E-state index in [1.54, 1.807) is 42.5 Å². The van der Waals surface area contributed by atoms with E-state index in [-0.39, 0.29) is 26.2 Å². The second kappa shape index (κ2) is 9.27. The van der Waals surface area contributed by atoms with E-state index in [0.29, 0.717) is 5.01 Å². The molecule has 0 unspecified atom stereocenters. The van der Waals surface area contributed by atoms with Gasteiger partial charge in [0.25, 0.3) is 17.7 Å². The molecule has 0 aromatic heterocycles. The van der Waals surface area contributed by atoms with Crippen molar-refractivity contribution in [1.82, 2.24) is 10.0 Å². The van der Waals surface area contributed by atoms with Crippen LogP contribution in [0.25, 0.3) is 0 Å². The van der Waals surface area contributed by atoms with E-state index in [1.165, 1.54) is 19.1 Å². The zero-order valence-corrected chi connectivity index (χ0v) is 24.4. The molecule has 5 atom stereocenters. The van der Waals surface area contributed by atoms with Gasteiger partial charge in [-0.2, -0.15) is 5.01 Å². The van der Waals surface area contributed by atoms with Crippen molar-refractivity contribution >= 4 is 105 Å². The standard InChI is InChI=1S/C25H15Cl7N2O4/c1-11(17(35)12-7-3-2-4-8-12)33(20(36)13-9-5-6-10-14(13)26)34-21(37)15-16(22(34)38)24(30)19(28)18(27)23(15,29)25(24,31)32/h2-11,15-16H,1H3/t11-,15-,16+,23+,24+/m0/s1. The summed E-state index contributed by atoms with van der Waals surface area (Å²) in [6.45, 7) is 1.38. The molecular weight excluding hydrogens is 640 g/mol. The molecule has 0 N–H and O–H groups in total. The van der Waals surface area contributed by atoms with Crippen LogP contribution < -0.4 is 0 Å². The lowest BCUT2D eigenvalue weighted by Gasteiger charge is -2.38. The Bertz CT molecular complexity index is 1400. The Hall–Kier alpha value is -1.51. The van der Waals surface area contributed by atoms with Gasteiger partial charge in [0.1, 0.15) is 15.8 Å². The van der Waals surface area contributed by atoms with Crippen LogP contribution in [-0.2, 0) is 9.59 Å². The molecule has 6 nitrogen and oxygen atoms in total. The van der Waals surface area contributed by atoms with Crippen LogP contribution in [0.5, 0.6) is 0 Å². The molecule has 5 rings (SSSR count). The molecule has 13 heteroatoms. The molecule has 0 radical (unpaired) electrons. The van der Waals surface area contributed by atoms with Crippen molar-refractivity contribution in [3.8, 4) is 0 Å². The largest absolute Gasteiger partial charge is 0.292 e. The molecule has 1 saturated carbocycles. The second-order valence-corrected chi connectivity index (χ2v) is 12.8. The highest BCUT2D eigenvalue weighted by atomic mass is 35.5. The fourth-order valence-electron chi connectivity index (χ4n) is 5.35. The van der Waals surface area contributed by atoms with Crippen LogP contribution in [-0.4, -0.2) is 53.6 Å². The van der Waals surface area contributed by atoms with Crippen LogP contribution in [0.3, 0.4) is 0 Å². The summed E-state index contributed by atoms with van der Waals surface area (Å²) in [6, 6.07) is 12.7. The molecule has 1 heterocycles. The number of ketones is 1. The lowest BCUT2D eigenvalue weighted by Crippen LogP contribution is -2.59. The number of allylic oxidation sites excluding steroid dienone is 2. The van der Waals surface area contributed by atoms with Gasteiger partial charge < -0.3 is 0 Å². The van der Waals surface area contributed by atoms with Crippen molar-refractivity contribution < 1.29 is 19.2 Å². The van der Waals surface area contributed by atoms with Gasteiger partial charge in [0.15, 0.2) is 10.1 Å². The number of carbonyl (C=O) groups is 4. The number of hydrogen-bond acceptors (Lipinski definition) is 4. The Morgan fingerprint density at radius 1 is 0.816 bits per heavy atom. The van der Waals surface area contributed by atoms with Gasteiger partial charge in [0.05, 0.1) is 32.5 Å². The third-order valence-corrected chi connectivity index (χ3v) is 11.8. The zero-order chi connectivity index (χ0) is 27.9. The van der Waals surface area contributed by atoms with Gasteiger partial charge in [-0.15, -0.1) is 23.2 Å². The van der Waals surface area contributed by atoms with E-state index in [1.807, 2.05) is 0 Å². The Morgan fingerprint density at radius 3 is 1.79 bits per heavy atom. The smallest absolute Gasteiger partial charge is 0.275 e. The van der Waals surface area contributed by atoms with Gasteiger partial charge in [-0.25, -0.2) is 5.01 Å². The fourth-order valence-corrected chi connectivity index (χ4v) is 8.49. The molecule has 198 valence electrons. The van der Waals surface area contributed by atoms with Gasteiger partial charge >= 0.3 is 0 Å². The predicted molar refractivity (Wildman–Crippen MR) is 147 cm³/mol. The third-order valence-electron chi connectivity index (χ3n) is 7.22. The van der Waals surface area contributed by atoms with Crippen molar-refractivity contribution in [2.45, 2.75) is 27.0 Å². The van der Waals surface area contributed by atoms with E-state index >= 15 is 0 Å². The molecule has 3 amide bonds. The molecule has 2 fully saturated rings. The summed E-state index contributed by atoms with van der Waals surface area (Å²) in [5.41, 5.74) is 0.189. The Kier molecular flexibility index (Phi) is 6.84. The lowest BCUT2D eigenvalue weighted by molar-refractivity contribution is -0.157. The topological polar surface area (TPSA) is 74.8 Å². The van der Waals surface area contributed by atoms with Crippen LogP contribution in [0.1, 0.15) is 27.6 Å². The molecule has 0 spiro atoms. The fraction of sp³-hybridized carbons (Fsp3) is 0.280. The highest BCUT2D eigenvalue weighted by molar-refractivity contribution is 6.66. The number of hydrogen-bond donors (Lipinski definition) is 0. The normalized spacial score (nSPS) is 30.1. The second-order valence-electron chi connectivity index (χ2n) is 9.11. The van der Waals surface area contributed by atoms with Crippen LogP contribution in [0.2, 0.25) is 5.02 Å². The van der Waals surface area contributed by atoms with Crippen molar-refractivity contribution in [2.24, 2.45) is 11.8 Å². The SMILES string of the molecule is C[C@@H](C(=O)c1ccccc1)N(C(=O)c1ccccc1Cl)N1C(=O)[C@@H]2[C@H](C1=O)[C@@]1(Cl)C(Cl)=C(Cl)[C@@]2(Cl)C1(Cl)Cl. The van der Waals surface area contributed by atoms with Crippen LogP contribution in [0.15, 0.2) is 64.7 Å². The number of alkyl halides is 4. The summed E-state index contributed by atoms with van der Waals surface area (Å²) in [6.07, 6.45) is 0. The van der Waals surface area contributed by atoms with E-state index < -0.39 is 55.5 Å². The summed E-state index contributed by atoms with van der Waals surface area (Å²) >= 11 is 45.7. The number of Topliss-reactive ketones (excluding diaryl/α,β-unsaturated/α-hetero) is 1. The van der Waals surface area contributed by atoms with E-state index in [2.05, 4.69) is 0 Å². The average Bonchev–Trinajstić information content (AvgIpc) is 3.28. The highest BCUT2D eigenvalue weighted by Gasteiger charge is 2.88. The number of imide groups is 1. The summed E-state index contributed by atoms with van der Waals surface area (Å²) in [5, 5.41) is 0.802. The molecule has 38 heavy (non-hydrogen) atoms. The molecule has 2 aromatic rings. The monoisotopic (exact) mass is 652 g/mol. The van der Waals surface area contributed by atoms with Crippen molar-refractivity contribution in [1.29, 1.82) is 0 Å². The average molecular weight is 656 g/mol. The van der Waals surface area contributed by atoms with E-state index in [9.17, 15) is 19.2 Å². The number of halogens is 7. The summed E-state index contributed by atoms with van der Waals surface area (Å²) in [4.78, 5) is 51.2. The summed E-state index contributed by atoms with van der Waals surface area (Å²) in [5.74, 6) is -6.36. The Balaban J connectivity index is 1.65. The number of benzene rings is 2. The maximum atomic E-state index is 14.0. The maximum Gasteiger partial charge on any atom is 0.275 e. The number of fused-ring (bicyclic) bond motifs is 5. The van der Waals surface area contributed by atoms with E-state index in [4.69, 9.17) is 81.2 Å². The maximum absolute atomic E-state index is 14.0. The summed E-state index contributed by atoms with van der Waals surface area (Å²) in [7, 11) is 0. The van der Waals surface area contributed by atoms with Gasteiger partial charge in [0.2, 0.25) is 0 Å². The predicted octanol–water partition coefficient (Wildman–Crippen LogP) is 6.42.